The van der Waals surface area contributed by atoms with Gasteiger partial charge in [-0.15, -0.1) is 0 Å². The molecule has 2 aromatic rings. The van der Waals surface area contributed by atoms with Gasteiger partial charge in [0.05, 0.1) is 7.11 Å². The van der Waals surface area contributed by atoms with E-state index in [9.17, 15) is 14.4 Å². The average Bonchev–Trinajstić information content (AvgIpc) is 2.60. The summed E-state index contributed by atoms with van der Waals surface area (Å²) in [6.45, 7) is 0. The van der Waals surface area contributed by atoms with E-state index in [0.717, 1.165) is 18.2 Å². The highest BCUT2D eigenvalue weighted by molar-refractivity contribution is 5.96. The van der Waals surface area contributed by atoms with Crippen LogP contribution in [-0.2, 0) is 19.2 Å². The summed E-state index contributed by atoms with van der Waals surface area (Å²) >= 11 is 0. The van der Waals surface area contributed by atoms with Gasteiger partial charge in [-0.1, -0.05) is 42.5 Å². The summed E-state index contributed by atoms with van der Waals surface area (Å²) in [5.74, 6) is -2.22. The molecule has 1 amide bonds. The minimum Gasteiger partial charge on any atom is -0.469 e. The quantitative estimate of drug-likeness (QED) is 0.531. The van der Waals surface area contributed by atoms with Gasteiger partial charge in [-0.05, 0) is 23.3 Å². The highest BCUT2D eigenvalue weighted by Crippen LogP contribution is 2.19. The van der Waals surface area contributed by atoms with E-state index in [1.807, 2.05) is 35.8 Å². The van der Waals surface area contributed by atoms with E-state index >= 15 is 0 Å². The standard InChI is InChI=1S/C17H15NO5/c1-22-15(19)11-16(20)23-18-17(21)14-9-7-13(8-10-14)12-5-3-2-4-6-12/h2-10H,11H2,1H3,(H,18,21). The first-order valence-corrected chi connectivity index (χ1v) is 6.82. The van der Waals surface area contributed by atoms with Gasteiger partial charge in [-0.3, -0.25) is 9.59 Å². The summed E-state index contributed by atoms with van der Waals surface area (Å²) < 4.78 is 4.32. The maximum Gasteiger partial charge on any atom is 0.343 e. The van der Waals surface area contributed by atoms with E-state index in [-0.39, 0.29) is 0 Å². The monoisotopic (exact) mass is 313 g/mol. The molecule has 0 spiro atoms. The highest BCUT2D eigenvalue weighted by atomic mass is 16.7. The topological polar surface area (TPSA) is 81.7 Å². The van der Waals surface area contributed by atoms with Crippen molar-refractivity contribution in [1.29, 1.82) is 0 Å². The van der Waals surface area contributed by atoms with Crippen molar-refractivity contribution in [3.05, 3.63) is 60.2 Å². The number of hydrogen-bond donors (Lipinski definition) is 1. The molecule has 2 aromatic carbocycles. The second-order valence-corrected chi connectivity index (χ2v) is 4.60. The van der Waals surface area contributed by atoms with E-state index in [4.69, 9.17) is 0 Å². The Morgan fingerprint density at radius 3 is 2.09 bits per heavy atom. The molecule has 0 heterocycles. The van der Waals surface area contributed by atoms with Gasteiger partial charge in [0.25, 0.3) is 5.91 Å². The van der Waals surface area contributed by atoms with Crippen LogP contribution < -0.4 is 5.48 Å². The van der Waals surface area contributed by atoms with E-state index in [1.54, 1.807) is 24.3 Å². The first-order chi connectivity index (χ1) is 11.1. The molecular weight excluding hydrogens is 298 g/mol. The van der Waals surface area contributed by atoms with E-state index in [0.29, 0.717) is 5.56 Å². The number of carbonyl (C=O) groups excluding carboxylic acids is 3. The molecule has 0 saturated carbocycles. The minimum absolute atomic E-state index is 0.329. The molecule has 0 atom stereocenters. The third-order valence-corrected chi connectivity index (χ3v) is 3.03. The fourth-order valence-electron chi connectivity index (χ4n) is 1.83. The normalized spacial score (nSPS) is 9.78. The number of carbonyl (C=O) groups is 3. The fraction of sp³-hybridized carbons (Fsp3) is 0.118. The Labute approximate surface area is 133 Å². The number of hydrogen-bond acceptors (Lipinski definition) is 5. The molecule has 0 aromatic heterocycles. The van der Waals surface area contributed by atoms with Crippen molar-refractivity contribution < 1.29 is 24.0 Å². The molecule has 0 fully saturated rings. The van der Waals surface area contributed by atoms with Gasteiger partial charge >= 0.3 is 11.9 Å². The molecule has 6 heteroatoms. The van der Waals surface area contributed by atoms with Gasteiger partial charge in [0.2, 0.25) is 0 Å². The zero-order chi connectivity index (χ0) is 16.7. The second-order valence-electron chi connectivity index (χ2n) is 4.60. The van der Waals surface area contributed by atoms with Gasteiger partial charge in [0.1, 0.15) is 6.42 Å². The van der Waals surface area contributed by atoms with Crippen LogP contribution in [0.3, 0.4) is 0 Å². The van der Waals surface area contributed by atoms with Crippen molar-refractivity contribution in [3.8, 4) is 11.1 Å². The van der Waals surface area contributed by atoms with Crippen molar-refractivity contribution in [1.82, 2.24) is 5.48 Å². The number of hydroxylamine groups is 1. The van der Waals surface area contributed by atoms with Crippen LogP contribution in [0.15, 0.2) is 54.6 Å². The third kappa shape index (κ3) is 4.67. The molecule has 0 aliphatic rings. The summed E-state index contributed by atoms with van der Waals surface area (Å²) in [6.07, 6.45) is -0.566. The second kappa shape index (κ2) is 7.74. The first-order valence-electron chi connectivity index (χ1n) is 6.82. The zero-order valence-corrected chi connectivity index (χ0v) is 12.4. The number of nitrogens with one attached hydrogen (secondary N) is 1. The molecule has 1 N–H and O–H groups in total. The number of benzene rings is 2. The molecule has 0 radical (unpaired) electrons. The molecule has 0 bridgehead atoms. The molecule has 0 unspecified atom stereocenters. The van der Waals surface area contributed by atoms with E-state index in [1.165, 1.54) is 0 Å². The van der Waals surface area contributed by atoms with Gasteiger partial charge < -0.3 is 9.57 Å². The van der Waals surface area contributed by atoms with Crippen LogP contribution in [-0.4, -0.2) is 25.0 Å². The minimum atomic E-state index is -0.897. The van der Waals surface area contributed by atoms with Crippen LogP contribution in [0, 0.1) is 0 Å². The predicted molar refractivity (Wildman–Crippen MR) is 82.1 cm³/mol. The number of ether oxygens (including phenoxy) is 1. The van der Waals surface area contributed by atoms with Crippen LogP contribution in [0.5, 0.6) is 0 Å². The maximum atomic E-state index is 11.8. The molecule has 0 saturated heterocycles. The van der Waals surface area contributed by atoms with E-state index in [2.05, 4.69) is 9.57 Å². The van der Waals surface area contributed by atoms with Crippen LogP contribution in [0.1, 0.15) is 16.8 Å². The Bertz CT molecular complexity index is 695. The predicted octanol–water partition coefficient (Wildman–Crippen LogP) is 2.10. The number of rotatable bonds is 4. The molecular formula is C17H15NO5. The molecule has 2 rings (SSSR count). The van der Waals surface area contributed by atoms with Gasteiger partial charge in [-0.25, -0.2) is 4.79 Å². The lowest BCUT2D eigenvalue weighted by molar-refractivity contribution is -0.156. The third-order valence-electron chi connectivity index (χ3n) is 3.03. The Balaban J connectivity index is 1.93. The molecule has 0 aliphatic carbocycles. The highest BCUT2D eigenvalue weighted by Gasteiger charge is 2.13. The molecule has 0 aliphatic heterocycles. The first kappa shape index (κ1) is 16.2. The van der Waals surface area contributed by atoms with Crippen molar-refractivity contribution in [2.24, 2.45) is 0 Å². The molecule has 118 valence electrons. The Kier molecular flexibility index (Phi) is 5.46. The van der Waals surface area contributed by atoms with Crippen LogP contribution >= 0.6 is 0 Å². The number of methoxy groups -OCH3 is 1. The van der Waals surface area contributed by atoms with Crippen molar-refractivity contribution >= 4 is 17.8 Å². The van der Waals surface area contributed by atoms with Crippen molar-refractivity contribution in [2.45, 2.75) is 6.42 Å². The van der Waals surface area contributed by atoms with Crippen LogP contribution in [0.4, 0.5) is 0 Å². The number of amides is 1. The summed E-state index contributed by atoms with van der Waals surface area (Å²) in [5, 5.41) is 0. The van der Waals surface area contributed by atoms with Gasteiger partial charge in [-0.2, -0.15) is 5.48 Å². The van der Waals surface area contributed by atoms with Crippen molar-refractivity contribution in [3.63, 3.8) is 0 Å². The Morgan fingerprint density at radius 1 is 0.870 bits per heavy atom. The lowest BCUT2D eigenvalue weighted by Crippen LogP contribution is -2.28. The fourth-order valence-corrected chi connectivity index (χ4v) is 1.83. The summed E-state index contributed by atoms with van der Waals surface area (Å²) in [4.78, 5) is 38.5. The molecule has 6 nitrogen and oxygen atoms in total. The Hall–Kier alpha value is -3.15. The number of esters is 1. The van der Waals surface area contributed by atoms with E-state index < -0.39 is 24.3 Å². The summed E-state index contributed by atoms with van der Waals surface area (Å²) in [6, 6.07) is 16.5. The van der Waals surface area contributed by atoms with Crippen molar-refractivity contribution in [2.75, 3.05) is 7.11 Å². The summed E-state index contributed by atoms with van der Waals surface area (Å²) in [7, 11) is 1.16. The smallest absolute Gasteiger partial charge is 0.343 e. The maximum absolute atomic E-state index is 11.8. The zero-order valence-electron chi connectivity index (χ0n) is 12.4. The Morgan fingerprint density at radius 2 is 1.48 bits per heavy atom. The molecule has 23 heavy (non-hydrogen) atoms. The lowest BCUT2D eigenvalue weighted by atomic mass is 10.0. The summed E-state index contributed by atoms with van der Waals surface area (Å²) in [5.41, 5.74) is 4.31. The average molecular weight is 313 g/mol. The SMILES string of the molecule is COC(=O)CC(=O)ONC(=O)c1ccc(-c2ccccc2)cc1. The van der Waals surface area contributed by atoms with Gasteiger partial charge in [0.15, 0.2) is 0 Å². The largest absolute Gasteiger partial charge is 0.469 e. The van der Waals surface area contributed by atoms with Crippen LogP contribution in [0.2, 0.25) is 0 Å². The lowest BCUT2D eigenvalue weighted by Gasteiger charge is -2.06. The van der Waals surface area contributed by atoms with Crippen LogP contribution in [0.25, 0.3) is 11.1 Å². The van der Waals surface area contributed by atoms with Gasteiger partial charge in [0, 0.05) is 5.56 Å².